The van der Waals surface area contributed by atoms with Crippen LogP contribution in [0.1, 0.15) is 5.56 Å². The van der Waals surface area contributed by atoms with E-state index in [0.717, 1.165) is 4.90 Å². The highest BCUT2D eigenvalue weighted by molar-refractivity contribution is 5.94. The molecular weight excluding hydrogens is 259 g/mol. The van der Waals surface area contributed by atoms with Gasteiger partial charge in [0.05, 0.1) is 6.54 Å². The van der Waals surface area contributed by atoms with Gasteiger partial charge in [0, 0.05) is 12.1 Å². The molecule has 1 aromatic rings. The number of rotatable bonds is 6. The molecule has 1 aromatic carbocycles. The molecule has 0 fully saturated rings. The van der Waals surface area contributed by atoms with E-state index in [1.165, 1.54) is 7.05 Å². The zero-order chi connectivity index (χ0) is 14.5. The molecule has 0 radical (unpaired) electrons. The predicted molar refractivity (Wildman–Crippen MR) is 66.5 cm³/mol. The minimum absolute atomic E-state index is 0.0449. The molecule has 0 aliphatic heterocycles. The lowest BCUT2D eigenvalue weighted by Gasteiger charge is -2.18. The summed E-state index contributed by atoms with van der Waals surface area (Å²) in [5, 5.41) is 7.21. The molecule has 106 valence electrons. The highest BCUT2D eigenvalue weighted by atomic mass is 19.4. The van der Waals surface area contributed by atoms with Gasteiger partial charge in [-0.2, -0.15) is 13.2 Å². The van der Waals surface area contributed by atoms with E-state index < -0.39 is 12.7 Å². The third-order valence-electron chi connectivity index (χ3n) is 2.36. The molecule has 0 aromatic heterocycles. The minimum Gasteiger partial charge on any atom is -0.492 e. The number of ether oxygens (including phenoxy) is 1. The summed E-state index contributed by atoms with van der Waals surface area (Å²) in [5.74, 6) is 0.488. The molecule has 0 amide bonds. The predicted octanol–water partition coefficient (Wildman–Crippen LogP) is 1.84. The van der Waals surface area contributed by atoms with Crippen molar-refractivity contribution in [3.63, 3.8) is 0 Å². The number of hydrogen-bond acceptors (Lipinski definition) is 3. The average molecular weight is 275 g/mol. The smallest absolute Gasteiger partial charge is 0.401 e. The van der Waals surface area contributed by atoms with Crippen LogP contribution in [0.2, 0.25) is 0 Å². The van der Waals surface area contributed by atoms with Crippen LogP contribution in [0.15, 0.2) is 24.3 Å². The van der Waals surface area contributed by atoms with Crippen LogP contribution in [0.4, 0.5) is 13.2 Å². The number of alkyl halides is 3. The molecule has 19 heavy (non-hydrogen) atoms. The SMILES string of the molecule is CN(CCOc1ccc(C(=N)N)cc1)CC(F)(F)F. The number of nitrogens with one attached hydrogen (secondary N) is 1. The van der Waals surface area contributed by atoms with Crippen LogP contribution in [0.5, 0.6) is 5.75 Å². The molecule has 3 N–H and O–H groups in total. The van der Waals surface area contributed by atoms with Crippen molar-refractivity contribution in [1.82, 2.24) is 4.90 Å². The number of halogens is 3. The molecule has 0 aliphatic rings. The van der Waals surface area contributed by atoms with Crippen LogP contribution in [0.25, 0.3) is 0 Å². The van der Waals surface area contributed by atoms with E-state index in [1.807, 2.05) is 0 Å². The molecule has 0 unspecified atom stereocenters. The summed E-state index contributed by atoms with van der Waals surface area (Å²) >= 11 is 0. The third-order valence-corrected chi connectivity index (χ3v) is 2.36. The lowest BCUT2D eigenvalue weighted by atomic mass is 10.2. The first-order chi connectivity index (χ1) is 8.78. The van der Waals surface area contributed by atoms with Gasteiger partial charge in [-0.25, -0.2) is 0 Å². The van der Waals surface area contributed by atoms with Gasteiger partial charge < -0.3 is 10.5 Å². The largest absolute Gasteiger partial charge is 0.492 e. The second-order valence-electron chi connectivity index (χ2n) is 4.14. The van der Waals surface area contributed by atoms with E-state index in [4.69, 9.17) is 15.9 Å². The maximum Gasteiger partial charge on any atom is 0.401 e. The number of benzene rings is 1. The summed E-state index contributed by atoms with van der Waals surface area (Å²) in [6.45, 7) is -0.625. The Kier molecular flexibility index (Phi) is 5.17. The zero-order valence-electron chi connectivity index (χ0n) is 10.5. The van der Waals surface area contributed by atoms with Gasteiger partial charge in [-0.1, -0.05) is 0 Å². The van der Waals surface area contributed by atoms with E-state index in [1.54, 1.807) is 24.3 Å². The Labute approximate surface area is 109 Å². The highest BCUT2D eigenvalue weighted by Crippen LogP contribution is 2.15. The van der Waals surface area contributed by atoms with Crippen molar-refractivity contribution in [3.8, 4) is 5.75 Å². The molecular formula is C12H16F3N3O. The van der Waals surface area contributed by atoms with Gasteiger partial charge in [0.25, 0.3) is 0 Å². The van der Waals surface area contributed by atoms with Crippen LogP contribution >= 0.6 is 0 Å². The first kappa shape index (κ1) is 15.3. The maximum atomic E-state index is 12.1. The van der Waals surface area contributed by atoms with E-state index in [-0.39, 0.29) is 19.0 Å². The third kappa shape index (κ3) is 6.10. The Balaban J connectivity index is 2.35. The van der Waals surface area contributed by atoms with E-state index in [9.17, 15) is 13.2 Å². The van der Waals surface area contributed by atoms with E-state index in [0.29, 0.717) is 11.3 Å². The fourth-order valence-corrected chi connectivity index (χ4v) is 1.44. The Morgan fingerprint density at radius 2 is 1.89 bits per heavy atom. The summed E-state index contributed by atoms with van der Waals surface area (Å²) in [7, 11) is 1.38. The summed E-state index contributed by atoms with van der Waals surface area (Å²) < 4.78 is 41.5. The van der Waals surface area contributed by atoms with Crippen molar-refractivity contribution in [2.45, 2.75) is 6.18 Å². The standard InChI is InChI=1S/C12H16F3N3O/c1-18(8-12(13,14)15)6-7-19-10-4-2-9(3-5-10)11(16)17/h2-5H,6-8H2,1H3,(H3,16,17). The Bertz CT molecular complexity index is 417. The van der Waals surface area contributed by atoms with Gasteiger partial charge in [0.15, 0.2) is 0 Å². The second-order valence-corrected chi connectivity index (χ2v) is 4.14. The fraction of sp³-hybridized carbons (Fsp3) is 0.417. The van der Waals surface area contributed by atoms with Gasteiger partial charge in [0.2, 0.25) is 0 Å². The Morgan fingerprint density at radius 3 is 2.37 bits per heavy atom. The monoisotopic (exact) mass is 275 g/mol. The summed E-state index contributed by atoms with van der Waals surface area (Å²) in [6.07, 6.45) is -4.20. The van der Waals surface area contributed by atoms with Crippen LogP contribution in [-0.2, 0) is 0 Å². The molecule has 7 heteroatoms. The van der Waals surface area contributed by atoms with Gasteiger partial charge in [0.1, 0.15) is 18.2 Å². The number of hydrogen-bond donors (Lipinski definition) is 2. The van der Waals surface area contributed by atoms with E-state index >= 15 is 0 Å². The zero-order valence-corrected chi connectivity index (χ0v) is 10.5. The van der Waals surface area contributed by atoms with Gasteiger partial charge in [-0.3, -0.25) is 10.3 Å². The summed E-state index contributed by atoms with van der Waals surface area (Å²) in [6, 6.07) is 6.50. The highest BCUT2D eigenvalue weighted by Gasteiger charge is 2.28. The lowest BCUT2D eigenvalue weighted by molar-refractivity contribution is -0.143. The van der Waals surface area contributed by atoms with Crippen molar-refractivity contribution in [1.29, 1.82) is 5.41 Å². The van der Waals surface area contributed by atoms with Crippen molar-refractivity contribution < 1.29 is 17.9 Å². The fourth-order valence-electron chi connectivity index (χ4n) is 1.44. The molecule has 4 nitrogen and oxygen atoms in total. The molecule has 0 bridgehead atoms. The van der Waals surface area contributed by atoms with Crippen molar-refractivity contribution in [2.24, 2.45) is 5.73 Å². The van der Waals surface area contributed by atoms with Crippen LogP contribution in [-0.4, -0.2) is 43.7 Å². The number of amidine groups is 1. The summed E-state index contributed by atoms with van der Waals surface area (Å²) in [5.41, 5.74) is 5.86. The molecule has 0 saturated carbocycles. The second kappa shape index (κ2) is 6.42. The molecule has 0 atom stereocenters. The number of likely N-dealkylation sites (N-methyl/N-ethyl adjacent to an activating group) is 1. The first-order valence-corrected chi connectivity index (χ1v) is 5.60. The quantitative estimate of drug-likeness (QED) is 0.615. The van der Waals surface area contributed by atoms with Crippen LogP contribution < -0.4 is 10.5 Å². The van der Waals surface area contributed by atoms with Gasteiger partial charge in [-0.05, 0) is 31.3 Å². The average Bonchev–Trinajstić information content (AvgIpc) is 2.27. The van der Waals surface area contributed by atoms with Crippen molar-refractivity contribution in [3.05, 3.63) is 29.8 Å². The number of nitrogens with two attached hydrogens (primary N) is 1. The van der Waals surface area contributed by atoms with E-state index in [2.05, 4.69) is 0 Å². The Morgan fingerprint density at radius 1 is 1.32 bits per heavy atom. The molecule has 0 saturated heterocycles. The van der Waals surface area contributed by atoms with Gasteiger partial charge in [-0.15, -0.1) is 0 Å². The molecule has 0 aliphatic carbocycles. The topological polar surface area (TPSA) is 62.3 Å². The number of nitrogen functional groups attached to an aromatic ring is 1. The Hall–Kier alpha value is -1.76. The normalized spacial score (nSPS) is 11.6. The van der Waals surface area contributed by atoms with Gasteiger partial charge >= 0.3 is 6.18 Å². The minimum atomic E-state index is -4.20. The molecule has 1 rings (SSSR count). The maximum absolute atomic E-state index is 12.1. The van der Waals surface area contributed by atoms with Crippen molar-refractivity contribution in [2.75, 3.05) is 26.7 Å². The van der Waals surface area contributed by atoms with Crippen LogP contribution in [0, 0.1) is 5.41 Å². The molecule has 0 spiro atoms. The molecule has 0 heterocycles. The number of nitrogens with zero attached hydrogens (tertiary/aromatic N) is 1. The van der Waals surface area contributed by atoms with Crippen LogP contribution in [0.3, 0.4) is 0 Å². The summed E-state index contributed by atoms with van der Waals surface area (Å²) in [4.78, 5) is 1.14. The van der Waals surface area contributed by atoms with Crippen molar-refractivity contribution >= 4 is 5.84 Å². The first-order valence-electron chi connectivity index (χ1n) is 5.60. The lowest BCUT2D eigenvalue weighted by Crippen LogP contribution is -2.33.